The number of nitrogens with two attached hydrogens (primary N) is 1. The van der Waals surface area contributed by atoms with Crippen molar-refractivity contribution in [2.24, 2.45) is 5.41 Å². The molecule has 366 valence electrons. The van der Waals surface area contributed by atoms with Crippen LogP contribution in [0, 0.1) is 5.41 Å². The molecule has 0 aliphatic carbocycles. The Balaban J connectivity index is 0.992. The first-order valence-electron chi connectivity index (χ1n) is 20.4. The fourth-order valence-corrected chi connectivity index (χ4v) is 10.7. The molecule has 2 amide bonds. The lowest BCUT2D eigenvalue weighted by Gasteiger charge is -2.30. The molecule has 25 nitrogen and oxygen atoms in total. The Bertz CT molecular complexity index is 2480. The number of aromatic amines is 1. The molecule has 11 N–H and O–H groups in total. The van der Waals surface area contributed by atoms with Crippen LogP contribution in [0.3, 0.4) is 0 Å². The van der Waals surface area contributed by atoms with Gasteiger partial charge in [-0.2, -0.15) is 16.1 Å². The predicted molar refractivity (Wildman–Crippen MR) is 237 cm³/mol. The third-order valence-electron chi connectivity index (χ3n) is 10.2. The fourth-order valence-electron chi connectivity index (χ4n) is 6.89. The predicted octanol–water partition coefficient (Wildman–Crippen LogP) is 2.38. The minimum atomic E-state index is -5.58. The second-order valence-electron chi connectivity index (χ2n) is 16.6. The minimum absolute atomic E-state index is 0.0309. The van der Waals surface area contributed by atoms with Crippen molar-refractivity contribution in [1.29, 1.82) is 0 Å². The number of fused-ring (bicyclic) bond motifs is 2. The number of rotatable bonds is 26. The molecule has 2 unspecified atom stereocenters. The average Bonchev–Trinajstić information content (AvgIpc) is 3.92. The number of aryl methyl sites for hydroxylation is 1. The van der Waals surface area contributed by atoms with E-state index in [-0.39, 0.29) is 46.4 Å². The molecule has 66 heavy (non-hydrogen) atoms. The second kappa shape index (κ2) is 22.2. The minimum Gasteiger partial charge on any atom is -0.386 e. The Hall–Kier alpha value is -3.68. The number of hydrogen-bond acceptors (Lipinski definition) is 18. The number of Topliss-reactive ketones (excluding diaryl/α,β-unsaturated/α-hetero) is 1. The molecule has 1 saturated heterocycles. The number of nitrogens with zero attached hydrogens (tertiary/aromatic N) is 4. The van der Waals surface area contributed by atoms with Crippen molar-refractivity contribution >= 4 is 80.7 Å². The first-order valence-corrected chi connectivity index (χ1v) is 25.9. The number of ketones is 1. The molecule has 1 aliphatic rings. The third-order valence-corrected chi connectivity index (χ3v) is 14.6. The SMILES string of the molecule is CC(C)(CC(=O)CCCc1c[nH]c2ccccc12)SCCNC(=O)CCNC(=O)[C@H](O)C(C)(C)COP(=O)(O)OP(=O)(O)OC[C@H]1O[C@@H](n2cnc3c(N)ncnc32)[C@H](O)[C@@H]1OP(=O)(O)O. The number of nitrogen functional groups attached to an aromatic ring is 1. The number of hydrogen-bond donors (Lipinski definition) is 10. The summed E-state index contributed by atoms with van der Waals surface area (Å²) < 4.78 is 62.1. The van der Waals surface area contributed by atoms with Gasteiger partial charge in [0.25, 0.3) is 0 Å². The number of aliphatic hydroxyl groups excluding tert-OH is 2. The highest BCUT2D eigenvalue weighted by molar-refractivity contribution is 8.00. The highest BCUT2D eigenvalue weighted by Gasteiger charge is 2.50. The summed E-state index contributed by atoms with van der Waals surface area (Å²) in [5, 5.41) is 27.9. The number of phosphoric acid groups is 3. The first kappa shape index (κ1) is 53.3. The van der Waals surface area contributed by atoms with E-state index in [9.17, 15) is 57.9 Å². The number of benzene rings is 1. The highest BCUT2D eigenvalue weighted by atomic mass is 32.2. The van der Waals surface area contributed by atoms with E-state index in [1.54, 1.807) is 11.8 Å². The zero-order chi connectivity index (χ0) is 48.7. The molecule has 4 heterocycles. The van der Waals surface area contributed by atoms with Crippen LogP contribution in [0.5, 0.6) is 0 Å². The van der Waals surface area contributed by atoms with Gasteiger partial charge in [0.15, 0.2) is 17.7 Å². The molecule has 0 bridgehead atoms. The molecule has 0 saturated carbocycles. The molecule has 4 aromatic rings. The molecule has 1 aromatic carbocycles. The van der Waals surface area contributed by atoms with E-state index in [2.05, 4.69) is 45.5 Å². The molecular weight excluding hydrogens is 953 g/mol. The van der Waals surface area contributed by atoms with Crippen molar-refractivity contribution in [3.05, 3.63) is 48.7 Å². The summed E-state index contributed by atoms with van der Waals surface area (Å²) in [5.74, 6) is -0.703. The van der Waals surface area contributed by atoms with Crippen molar-refractivity contribution in [3.8, 4) is 0 Å². The van der Waals surface area contributed by atoms with E-state index in [1.807, 2.05) is 38.2 Å². The Kier molecular flexibility index (Phi) is 17.9. The smallest absolute Gasteiger partial charge is 0.386 e. The van der Waals surface area contributed by atoms with Crippen LogP contribution in [0.4, 0.5) is 5.82 Å². The molecule has 29 heteroatoms. The summed E-state index contributed by atoms with van der Waals surface area (Å²) in [5.41, 5.74) is 6.52. The quantitative estimate of drug-likeness (QED) is 0.0319. The van der Waals surface area contributed by atoms with E-state index >= 15 is 0 Å². The second-order valence-corrected chi connectivity index (χ2v) is 22.6. The standard InChI is InChI=1S/C37H55N8O17P3S/c1-36(2,31(49)34(50)40-13-12-27(47)39-14-15-66-37(3,4)16-23(46)9-7-8-22-17-41-25-11-6-5-10-24(22)25)19-59-65(56,57)62-64(54,55)58-18-26-30(61-63(51,52)53)29(48)35(60-26)45-21-44-28-32(38)42-20-43-33(28)45/h5-6,10-11,17,20-21,26,29-31,35,41,48-49H,7-9,12-16,18-19H2,1-4H3,(H,39,47)(H,40,50)(H,54,55)(H,56,57)(H2,38,42,43)(H2,51,52,53)/t26-,29-,30-,31+,35-/m1/s1. The van der Waals surface area contributed by atoms with Gasteiger partial charge in [-0.15, -0.1) is 0 Å². The van der Waals surface area contributed by atoms with Gasteiger partial charge in [0.1, 0.15) is 42.0 Å². The van der Waals surface area contributed by atoms with Crippen LogP contribution < -0.4 is 16.4 Å². The lowest BCUT2D eigenvalue weighted by molar-refractivity contribution is -0.137. The number of amides is 2. The van der Waals surface area contributed by atoms with E-state index in [1.165, 1.54) is 19.4 Å². The summed E-state index contributed by atoms with van der Waals surface area (Å²) in [6.07, 6.45) is -2.55. The number of carbonyl (C=O) groups excluding carboxylic acids is 3. The molecule has 5 rings (SSSR count). The van der Waals surface area contributed by atoms with Crippen molar-refractivity contribution in [2.75, 3.05) is 37.8 Å². The first-order chi connectivity index (χ1) is 30.8. The van der Waals surface area contributed by atoms with Crippen molar-refractivity contribution in [2.45, 2.75) is 95.2 Å². The van der Waals surface area contributed by atoms with Crippen LogP contribution >= 0.6 is 35.2 Å². The molecule has 3 aromatic heterocycles. The van der Waals surface area contributed by atoms with E-state index in [4.69, 9.17) is 19.5 Å². The topological polar surface area (TPSA) is 379 Å². The number of phosphoric ester groups is 3. The van der Waals surface area contributed by atoms with E-state index < -0.39 is 78.6 Å². The van der Waals surface area contributed by atoms with Crippen LogP contribution in [0.2, 0.25) is 0 Å². The molecule has 0 spiro atoms. The summed E-state index contributed by atoms with van der Waals surface area (Å²) in [7, 11) is -16.4. The van der Waals surface area contributed by atoms with Crippen LogP contribution in [0.15, 0.2) is 43.1 Å². The normalized spacial score (nSPS) is 20.5. The maximum absolute atomic E-state index is 12.8. The number of carbonyl (C=O) groups is 3. The van der Waals surface area contributed by atoms with Gasteiger partial charge in [-0.1, -0.05) is 45.9 Å². The number of ether oxygens (including phenoxy) is 1. The lowest BCUT2D eigenvalue weighted by Crippen LogP contribution is -2.46. The Labute approximate surface area is 382 Å². The number of anilines is 1. The van der Waals surface area contributed by atoms with Gasteiger partial charge in [0, 0.05) is 65.4 Å². The number of thioether (sulfide) groups is 1. The van der Waals surface area contributed by atoms with Gasteiger partial charge in [-0.3, -0.25) is 32.5 Å². The molecular formula is C37H55N8O17P3S. The largest absolute Gasteiger partial charge is 0.481 e. The van der Waals surface area contributed by atoms with Crippen LogP contribution in [0.25, 0.3) is 22.1 Å². The fraction of sp³-hybridized carbons (Fsp3) is 0.568. The zero-order valence-electron chi connectivity index (χ0n) is 36.3. The lowest BCUT2D eigenvalue weighted by atomic mass is 9.87. The maximum Gasteiger partial charge on any atom is 0.481 e. The van der Waals surface area contributed by atoms with Crippen molar-refractivity contribution in [1.82, 2.24) is 35.1 Å². The van der Waals surface area contributed by atoms with E-state index in [0.717, 1.165) is 41.0 Å². The maximum atomic E-state index is 12.8. The van der Waals surface area contributed by atoms with E-state index in [0.29, 0.717) is 25.1 Å². The van der Waals surface area contributed by atoms with Crippen LogP contribution in [-0.4, -0.2) is 133 Å². The van der Waals surface area contributed by atoms with Crippen molar-refractivity contribution < 1.29 is 80.5 Å². The number of aliphatic hydroxyl groups is 2. The van der Waals surface area contributed by atoms with Gasteiger partial charge in [-0.25, -0.2) is 28.6 Å². The number of imidazole rings is 1. The number of nitrogens with one attached hydrogen (secondary N) is 3. The Morgan fingerprint density at radius 2 is 1.71 bits per heavy atom. The molecule has 7 atom stereocenters. The van der Waals surface area contributed by atoms with Gasteiger partial charge < -0.3 is 55.9 Å². The van der Waals surface area contributed by atoms with Gasteiger partial charge in [-0.05, 0) is 24.5 Å². The number of H-pyrrole nitrogens is 1. The third kappa shape index (κ3) is 15.2. The highest BCUT2D eigenvalue weighted by Crippen LogP contribution is 2.61. The number of aromatic nitrogens is 5. The molecule has 1 aliphatic heterocycles. The summed E-state index contributed by atoms with van der Waals surface area (Å²) in [6.45, 7) is 4.58. The van der Waals surface area contributed by atoms with Crippen LogP contribution in [0.1, 0.15) is 65.2 Å². The summed E-state index contributed by atoms with van der Waals surface area (Å²) in [4.78, 5) is 92.4. The number of para-hydroxylation sites is 1. The monoisotopic (exact) mass is 1010 g/mol. The summed E-state index contributed by atoms with van der Waals surface area (Å²) >= 11 is 1.55. The molecule has 1 fully saturated rings. The van der Waals surface area contributed by atoms with Gasteiger partial charge in [0.2, 0.25) is 11.8 Å². The average molecular weight is 1010 g/mol. The van der Waals surface area contributed by atoms with Crippen LogP contribution in [-0.2, 0) is 57.1 Å². The summed E-state index contributed by atoms with van der Waals surface area (Å²) in [6, 6.07) is 8.02. The van der Waals surface area contributed by atoms with Gasteiger partial charge >= 0.3 is 23.5 Å². The zero-order valence-corrected chi connectivity index (χ0v) is 39.8. The Morgan fingerprint density at radius 1 is 1.00 bits per heavy atom. The van der Waals surface area contributed by atoms with Gasteiger partial charge in [0.05, 0.1) is 19.5 Å². The Morgan fingerprint density at radius 3 is 2.44 bits per heavy atom. The van der Waals surface area contributed by atoms with Crippen molar-refractivity contribution in [3.63, 3.8) is 0 Å². The molecule has 0 radical (unpaired) electrons.